The average molecular weight is 242 g/mol. The third-order valence-electron chi connectivity index (χ3n) is 4.20. The van der Waals surface area contributed by atoms with E-state index in [1.54, 1.807) is 7.11 Å². The summed E-state index contributed by atoms with van der Waals surface area (Å²) in [6.45, 7) is 14.5. The first-order chi connectivity index (χ1) is 7.89. The van der Waals surface area contributed by atoms with E-state index in [9.17, 15) is 0 Å². The van der Waals surface area contributed by atoms with E-state index in [2.05, 4.69) is 44.8 Å². The van der Waals surface area contributed by atoms with Crippen LogP contribution in [0.5, 0.6) is 0 Å². The molecule has 3 nitrogen and oxygen atoms in total. The SMILES string of the molecule is CCC(C)C1CN(CC(C)(C)OC)C(C)CN1. The predicted octanol–water partition coefficient (Wildman–Crippen LogP) is 2.12. The molecule has 3 unspecified atom stereocenters. The Bertz CT molecular complexity index is 230. The van der Waals surface area contributed by atoms with Crippen molar-refractivity contribution in [3.63, 3.8) is 0 Å². The number of methoxy groups -OCH3 is 1. The molecule has 0 aromatic carbocycles. The van der Waals surface area contributed by atoms with Gasteiger partial charge < -0.3 is 10.1 Å². The van der Waals surface area contributed by atoms with Crippen molar-refractivity contribution in [3.8, 4) is 0 Å². The summed E-state index contributed by atoms with van der Waals surface area (Å²) in [6.07, 6.45) is 1.24. The Morgan fingerprint density at radius 3 is 2.65 bits per heavy atom. The molecule has 1 heterocycles. The number of hydrogen-bond donors (Lipinski definition) is 1. The van der Waals surface area contributed by atoms with Gasteiger partial charge in [0, 0.05) is 38.8 Å². The van der Waals surface area contributed by atoms with Crippen LogP contribution in [0.2, 0.25) is 0 Å². The van der Waals surface area contributed by atoms with Gasteiger partial charge >= 0.3 is 0 Å². The number of rotatable bonds is 5. The van der Waals surface area contributed by atoms with Crippen molar-refractivity contribution in [2.45, 2.75) is 58.7 Å². The highest BCUT2D eigenvalue weighted by atomic mass is 16.5. The zero-order valence-corrected chi connectivity index (χ0v) is 12.4. The van der Waals surface area contributed by atoms with E-state index in [1.807, 2.05) is 0 Å². The van der Waals surface area contributed by atoms with Crippen molar-refractivity contribution in [1.29, 1.82) is 0 Å². The molecule has 0 aromatic heterocycles. The van der Waals surface area contributed by atoms with Crippen LogP contribution < -0.4 is 5.32 Å². The van der Waals surface area contributed by atoms with Crippen LogP contribution in [0.15, 0.2) is 0 Å². The minimum Gasteiger partial charge on any atom is -0.377 e. The van der Waals surface area contributed by atoms with Gasteiger partial charge in [0.05, 0.1) is 5.60 Å². The molecule has 0 aromatic rings. The molecule has 0 spiro atoms. The van der Waals surface area contributed by atoms with Crippen LogP contribution in [0, 0.1) is 5.92 Å². The molecule has 3 heteroatoms. The van der Waals surface area contributed by atoms with Crippen molar-refractivity contribution in [2.75, 3.05) is 26.7 Å². The highest BCUT2D eigenvalue weighted by Gasteiger charge is 2.31. The zero-order chi connectivity index (χ0) is 13.1. The summed E-state index contributed by atoms with van der Waals surface area (Å²) in [7, 11) is 1.80. The van der Waals surface area contributed by atoms with Gasteiger partial charge in [-0.3, -0.25) is 4.90 Å². The van der Waals surface area contributed by atoms with Crippen LogP contribution in [0.25, 0.3) is 0 Å². The van der Waals surface area contributed by atoms with Crippen molar-refractivity contribution in [2.24, 2.45) is 5.92 Å². The van der Waals surface area contributed by atoms with Gasteiger partial charge in [0.1, 0.15) is 0 Å². The van der Waals surface area contributed by atoms with Crippen LogP contribution in [0.4, 0.5) is 0 Å². The van der Waals surface area contributed by atoms with Gasteiger partial charge in [0.15, 0.2) is 0 Å². The van der Waals surface area contributed by atoms with Gasteiger partial charge in [-0.15, -0.1) is 0 Å². The summed E-state index contributed by atoms with van der Waals surface area (Å²) < 4.78 is 5.55. The van der Waals surface area contributed by atoms with E-state index in [1.165, 1.54) is 6.42 Å². The third kappa shape index (κ3) is 4.23. The molecule has 1 aliphatic rings. The van der Waals surface area contributed by atoms with E-state index < -0.39 is 0 Å². The largest absolute Gasteiger partial charge is 0.377 e. The van der Waals surface area contributed by atoms with Gasteiger partial charge in [-0.1, -0.05) is 20.3 Å². The minimum absolute atomic E-state index is 0.0500. The molecule has 0 amide bonds. The second-order valence-corrected chi connectivity index (χ2v) is 6.14. The molecule has 0 radical (unpaired) electrons. The van der Waals surface area contributed by atoms with E-state index in [-0.39, 0.29) is 5.60 Å². The fourth-order valence-corrected chi connectivity index (χ4v) is 2.39. The summed E-state index contributed by atoms with van der Waals surface area (Å²) in [5.74, 6) is 0.746. The third-order valence-corrected chi connectivity index (χ3v) is 4.20. The van der Waals surface area contributed by atoms with E-state index >= 15 is 0 Å². The average Bonchev–Trinajstić information content (AvgIpc) is 2.30. The fourth-order valence-electron chi connectivity index (χ4n) is 2.39. The quantitative estimate of drug-likeness (QED) is 0.799. The maximum atomic E-state index is 5.55. The standard InChI is InChI=1S/C14H30N2O/c1-7-11(2)13-9-16(12(3)8-15-13)10-14(4,5)17-6/h11-13,15H,7-10H2,1-6H3. The van der Waals surface area contributed by atoms with Crippen molar-refractivity contribution in [1.82, 2.24) is 10.2 Å². The lowest BCUT2D eigenvalue weighted by Gasteiger charge is -2.43. The van der Waals surface area contributed by atoms with E-state index in [0.29, 0.717) is 12.1 Å². The van der Waals surface area contributed by atoms with Gasteiger partial charge in [-0.2, -0.15) is 0 Å². The lowest BCUT2D eigenvalue weighted by atomic mass is 9.94. The number of nitrogens with zero attached hydrogens (tertiary/aromatic N) is 1. The van der Waals surface area contributed by atoms with Crippen molar-refractivity contribution in [3.05, 3.63) is 0 Å². The highest BCUT2D eigenvalue weighted by Crippen LogP contribution is 2.19. The number of piperazine rings is 1. The Kier molecular flexibility index (Phi) is 5.42. The number of nitrogens with one attached hydrogen (secondary N) is 1. The maximum absolute atomic E-state index is 5.55. The molecule has 0 saturated carbocycles. The Morgan fingerprint density at radius 2 is 2.12 bits per heavy atom. The molecule has 0 aliphatic carbocycles. The summed E-state index contributed by atoms with van der Waals surface area (Å²) in [4.78, 5) is 2.57. The molecule has 1 aliphatic heterocycles. The Balaban J connectivity index is 2.57. The van der Waals surface area contributed by atoms with Crippen LogP contribution >= 0.6 is 0 Å². The van der Waals surface area contributed by atoms with E-state index in [0.717, 1.165) is 25.6 Å². The first kappa shape index (κ1) is 14.9. The van der Waals surface area contributed by atoms with Crippen molar-refractivity contribution < 1.29 is 4.74 Å². The summed E-state index contributed by atoms with van der Waals surface area (Å²) in [5, 5.41) is 3.67. The monoisotopic (exact) mass is 242 g/mol. The lowest BCUT2D eigenvalue weighted by molar-refractivity contribution is -0.0272. The zero-order valence-electron chi connectivity index (χ0n) is 12.4. The first-order valence-electron chi connectivity index (χ1n) is 6.92. The molecular weight excluding hydrogens is 212 g/mol. The smallest absolute Gasteiger partial charge is 0.0749 e. The van der Waals surface area contributed by atoms with Crippen LogP contribution in [0.3, 0.4) is 0 Å². The van der Waals surface area contributed by atoms with E-state index in [4.69, 9.17) is 4.74 Å². The minimum atomic E-state index is -0.0500. The lowest BCUT2D eigenvalue weighted by Crippen LogP contribution is -2.59. The predicted molar refractivity (Wildman–Crippen MR) is 73.4 cm³/mol. The van der Waals surface area contributed by atoms with Gasteiger partial charge in [0.25, 0.3) is 0 Å². The molecule has 17 heavy (non-hydrogen) atoms. The second kappa shape index (κ2) is 6.17. The normalized spacial score (nSPS) is 29.3. The van der Waals surface area contributed by atoms with Crippen LogP contribution in [0.1, 0.15) is 41.0 Å². The van der Waals surface area contributed by atoms with Crippen LogP contribution in [-0.4, -0.2) is 49.3 Å². The molecule has 102 valence electrons. The topological polar surface area (TPSA) is 24.5 Å². The molecule has 1 rings (SSSR count). The number of ether oxygens (including phenoxy) is 1. The van der Waals surface area contributed by atoms with Gasteiger partial charge in [0.2, 0.25) is 0 Å². The number of hydrogen-bond acceptors (Lipinski definition) is 3. The van der Waals surface area contributed by atoms with Crippen LogP contribution in [-0.2, 0) is 4.74 Å². The molecule has 1 N–H and O–H groups in total. The summed E-state index contributed by atoms with van der Waals surface area (Å²) in [5.41, 5.74) is -0.0500. The molecule has 1 fully saturated rings. The Hall–Kier alpha value is -0.120. The molecule has 1 saturated heterocycles. The summed E-state index contributed by atoms with van der Waals surface area (Å²) in [6, 6.07) is 1.23. The highest BCUT2D eigenvalue weighted by molar-refractivity contribution is 4.89. The van der Waals surface area contributed by atoms with Gasteiger partial charge in [-0.25, -0.2) is 0 Å². The Morgan fingerprint density at radius 1 is 1.47 bits per heavy atom. The second-order valence-electron chi connectivity index (χ2n) is 6.14. The fraction of sp³-hybridized carbons (Fsp3) is 1.00. The van der Waals surface area contributed by atoms with Gasteiger partial charge in [-0.05, 0) is 26.7 Å². The Labute approximate surface area is 107 Å². The molecule has 0 bridgehead atoms. The van der Waals surface area contributed by atoms with Crippen molar-refractivity contribution >= 4 is 0 Å². The molecule has 3 atom stereocenters. The summed E-state index contributed by atoms with van der Waals surface area (Å²) >= 11 is 0. The maximum Gasteiger partial charge on any atom is 0.0749 e. The first-order valence-corrected chi connectivity index (χ1v) is 6.92. The molecular formula is C14H30N2O.